The second kappa shape index (κ2) is 5.61. The van der Waals surface area contributed by atoms with E-state index < -0.39 is 19.5 Å². The maximum absolute atomic E-state index is 11.7. The molecule has 6 nitrogen and oxygen atoms in total. The molecular weight excluding hydrogens is 343 g/mol. The number of carbonyl (C=O) groups excluding carboxylic acids is 1. The molecule has 4 rings (SSSR count). The highest BCUT2D eigenvalue weighted by Crippen LogP contribution is 2.63. The van der Waals surface area contributed by atoms with Crippen molar-refractivity contribution in [1.82, 2.24) is 0 Å². The van der Waals surface area contributed by atoms with Crippen molar-refractivity contribution >= 4 is 13.6 Å². The second-order valence-corrected chi connectivity index (χ2v) is 9.41. The number of fused-ring (bicyclic) bond motifs is 5. The van der Waals surface area contributed by atoms with Gasteiger partial charge in [-0.2, -0.15) is 0 Å². The molecule has 0 aromatic carbocycles. The molecule has 25 heavy (non-hydrogen) atoms. The van der Waals surface area contributed by atoms with Gasteiger partial charge < -0.3 is 24.0 Å². The first-order chi connectivity index (χ1) is 11.6. The lowest BCUT2D eigenvalue weighted by molar-refractivity contribution is -0.347. The van der Waals surface area contributed by atoms with Crippen LogP contribution in [0.4, 0.5) is 0 Å². The highest BCUT2D eigenvalue weighted by atomic mass is 31.2. The molecule has 0 aliphatic heterocycles. The average molecular weight is 366 g/mol. The SMILES string of the molecule is C[C@]12CCC3C(CCC4=CC(=O)C=C[C@]43O)C1CCC2OP(=O)([O-])[O-]. The zero-order valence-corrected chi connectivity index (χ0v) is 15.1. The predicted octanol–water partition coefficient (Wildman–Crippen LogP) is 1.23. The van der Waals surface area contributed by atoms with Crippen molar-refractivity contribution in [2.24, 2.45) is 23.2 Å². The molecule has 4 aliphatic carbocycles. The summed E-state index contributed by atoms with van der Waals surface area (Å²) in [5.74, 6) is 0.416. The number of allylic oxidation sites excluding steroid dienone is 2. The number of hydrogen-bond acceptors (Lipinski definition) is 6. The lowest BCUT2D eigenvalue weighted by Gasteiger charge is -2.56. The Hall–Kier alpha value is -0.780. The Balaban J connectivity index is 1.62. The molecule has 0 spiro atoms. The van der Waals surface area contributed by atoms with Gasteiger partial charge in [-0.1, -0.05) is 6.92 Å². The van der Waals surface area contributed by atoms with Gasteiger partial charge in [0.05, 0.1) is 13.9 Å². The molecule has 0 heterocycles. The molecule has 4 aliphatic rings. The maximum Gasteiger partial charge on any atom is 0.178 e. The van der Waals surface area contributed by atoms with Crippen molar-refractivity contribution in [2.75, 3.05) is 0 Å². The third-order valence-corrected chi connectivity index (χ3v) is 7.76. The predicted molar refractivity (Wildman–Crippen MR) is 85.9 cm³/mol. The number of ketones is 1. The highest BCUT2D eigenvalue weighted by Gasteiger charge is 2.59. The first kappa shape index (κ1) is 17.6. The number of phosphoric acid groups is 1. The van der Waals surface area contributed by atoms with Crippen molar-refractivity contribution in [3.8, 4) is 0 Å². The smallest absolute Gasteiger partial charge is 0.178 e. The van der Waals surface area contributed by atoms with Crippen LogP contribution in [-0.4, -0.2) is 22.6 Å². The van der Waals surface area contributed by atoms with Crippen LogP contribution in [0.15, 0.2) is 23.8 Å². The van der Waals surface area contributed by atoms with E-state index in [1.165, 1.54) is 6.08 Å². The molecule has 3 fully saturated rings. The van der Waals surface area contributed by atoms with Crippen LogP contribution >= 0.6 is 7.82 Å². The summed E-state index contributed by atoms with van der Waals surface area (Å²) < 4.78 is 16.0. The summed E-state index contributed by atoms with van der Waals surface area (Å²) in [6, 6.07) is 0. The number of aliphatic hydroxyl groups is 1. The molecular formula is C18H23O6P-2. The van der Waals surface area contributed by atoms with Gasteiger partial charge in [-0.3, -0.25) is 4.79 Å². The van der Waals surface area contributed by atoms with E-state index in [-0.39, 0.29) is 29.0 Å². The average Bonchev–Trinajstić information content (AvgIpc) is 2.83. The van der Waals surface area contributed by atoms with Gasteiger partial charge in [0.15, 0.2) is 5.78 Å². The van der Waals surface area contributed by atoms with Gasteiger partial charge in [-0.15, -0.1) is 0 Å². The van der Waals surface area contributed by atoms with E-state index in [1.54, 1.807) is 12.2 Å². The van der Waals surface area contributed by atoms with Crippen LogP contribution in [-0.2, 0) is 13.9 Å². The maximum atomic E-state index is 11.7. The number of rotatable bonds is 2. The zero-order valence-electron chi connectivity index (χ0n) is 14.2. The fraction of sp³-hybridized carbons (Fsp3) is 0.722. The van der Waals surface area contributed by atoms with Crippen molar-refractivity contribution in [3.63, 3.8) is 0 Å². The topological polar surface area (TPSA) is 110 Å². The monoisotopic (exact) mass is 366 g/mol. The van der Waals surface area contributed by atoms with Crippen LogP contribution in [0.5, 0.6) is 0 Å². The number of hydrogen-bond donors (Lipinski definition) is 1. The van der Waals surface area contributed by atoms with E-state index in [4.69, 9.17) is 4.52 Å². The summed E-state index contributed by atoms with van der Waals surface area (Å²) >= 11 is 0. The quantitative estimate of drug-likeness (QED) is 0.736. The molecule has 0 amide bonds. The molecule has 0 aromatic heterocycles. The van der Waals surface area contributed by atoms with E-state index in [9.17, 15) is 24.3 Å². The standard InChI is InChI=1S/C18H25O6P/c1-17-8-7-15-13(14(17)4-5-16(17)24-25(21,22)23)3-2-11-10-12(19)6-9-18(11,15)20/h6,9-10,13-16,20H,2-5,7-8H2,1H3,(H2,21,22,23)/p-2/t13?,14?,15?,16?,17-,18-/m0/s1. The molecule has 7 heteroatoms. The van der Waals surface area contributed by atoms with Gasteiger partial charge >= 0.3 is 0 Å². The molecule has 1 N–H and O–H groups in total. The summed E-state index contributed by atoms with van der Waals surface area (Å²) in [5, 5.41) is 11.3. The first-order valence-corrected chi connectivity index (χ1v) is 10.5. The highest BCUT2D eigenvalue weighted by molar-refractivity contribution is 7.43. The van der Waals surface area contributed by atoms with Crippen LogP contribution < -0.4 is 9.79 Å². The Morgan fingerprint density at radius 1 is 1.24 bits per heavy atom. The number of phosphoric ester groups is 1. The minimum Gasteiger partial charge on any atom is -0.790 e. The van der Waals surface area contributed by atoms with Crippen LogP contribution in [0.3, 0.4) is 0 Å². The summed E-state index contributed by atoms with van der Waals surface area (Å²) in [6.07, 6.45) is 8.46. The van der Waals surface area contributed by atoms with Gasteiger partial charge in [0.1, 0.15) is 5.60 Å². The van der Waals surface area contributed by atoms with Gasteiger partial charge in [-0.25, -0.2) is 0 Å². The molecule has 0 bridgehead atoms. The lowest BCUT2D eigenvalue weighted by Crippen LogP contribution is -2.54. The molecule has 4 unspecified atom stereocenters. The Morgan fingerprint density at radius 3 is 2.72 bits per heavy atom. The zero-order chi connectivity index (χ0) is 18.0. The second-order valence-electron chi connectivity index (χ2n) is 8.31. The van der Waals surface area contributed by atoms with Crippen LogP contribution in [0.2, 0.25) is 0 Å². The van der Waals surface area contributed by atoms with E-state index >= 15 is 0 Å². The first-order valence-electron chi connectivity index (χ1n) is 9.00. The third-order valence-electron chi connectivity index (χ3n) is 7.25. The summed E-state index contributed by atoms with van der Waals surface area (Å²) in [4.78, 5) is 33.9. The van der Waals surface area contributed by atoms with Crippen LogP contribution in [0.1, 0.15) is 45.4 Å². The van der Waals surface area contributed by atoms with Crippen molar-refractivity contribution in [2.45, 2.75) is 57.2 Å². The van der Waals surface area contributed by atoms with Crippen LogP contribution in [0, 0.1) is 23.2 Å². The third kappa shape index (κ3) is 2.70. The minimum atomic E-state index is -5.01. The van der Waals surface area contributed by atoms with Gasteiger partial charge in [0, 0.05) is 0 Å². The Kier molecular flexibility index (Phi) is 3.95. The van der Waals surface area contributed by atoms with Crippen molar-refractivity contribution in [3.05, 3.63) is 23.8 Å². The van der Waals surface area contributed by atoms with E-state index in [0.29, 0.717) is 19.3 Å². The van der Waals surface area contributed by atoms with E-state index in [2.05, 4.69) is 0 Å². The molecule has 0 saturated heterocycles. The summed E-state index contributed by atoms with van der Waals surface area (Å²) in [6.45, 7) is 2.02. The van der Waals surface area contributed by atoms with E-state index in [0.717, 1.165) is 24.8 Å². The Labute approximate surface area is 147 Å². The Morgan fingerprint density at radius 2 is 2.00 bits per heavy atom. The fourth-order valence-electron chi connectivity index (χ4n) is 6.13. The summed E-state index contributed by atoms with van der Waals surface area (Å²) in [5.41, 5.74) is -0.611. The van der Waals surface area contributed by atoms with Crippen LogP contribution in [0.25, 0.3) is 0 Å². The lowest BCUT2D eigenvalue weighted by atomic mass is 9.51. The van der Waals surface area contributed by atoms with Gasteiger partial charge in [-0.05, 0) is 85.5 Å². The Bertz CT molecular complexity index is 708. The van der Waals surface area contributed by atoms with Gasteiger partial charge in [0.2, 0.25) is 0 Å². The summed E-state index contributed by atoms with van der Waals surface area (Å²) in [7, 11) is -5.01. The molecule has 6 atom stereocenters. The molecule has 0 aromatic rings. The largest absolute Gasteiger partial charge is 0.790 e. The van der Waals surface area contributed by atoms with Crippen molar-refractivity contribution < 1.29 is 28.8 Å². The molecule has 0 radical (unpaired) electrons. The molecule has 138 valence electrons. The normalized spacial score (nSPS) is 46.2. The van der Waals surface area contributed by atoms with Gasteiger partial charge in [0.25, 0.3) is 0 Å². The van der Waals surface area contributed by atoms with E-state index in [1.807, 2.05) is 6.92 Å². The van der Waals surface area contributed by atoms with Crippen molar-refractivity contribution in [1.29, 1.82) is 0 Å². The minimum absolute atomic E-state index is 0.0278. The number of carbonyl (C=O) groups is 1. The molecule has 3 saturated carbocycles. The fourth-order valence-corrected chi connectivity index (χ4v) is 6.78.